The average Bonchev–Trinajstić information content (AvgIpc) is 2.48. The summed E-state index contributed by atoms with van der Waals surface area (Å²) >= 11 is 0. The van der Waals surface area contributed by atoms with Crippen LogP contribution in [0.25, 0.3) is 0 Å². The summed E-state index contributed by atoms with van der Waals surface area (Å²) in [5, 5.41) is 0. The Bertz CT molecular complexity index is 603. The second kappa shape index (κ2) is 6.87. The molecule has 1 aliphatic heterocycles. The van der Waals surface area contributed by atoms with Crippen LogP contribution in [-0.2, 0) is 20.6 Å². The van der Waals surface area contributed by atoms with Crippen LogP contribution in [0.15, 0.2) is 42.5 Å². The van der Waals surface area contributed by atoms with Gasteiger partial charge in [-0.1, -0.05) is 36.4 Å². The molecule has 0 radical (unpaired) electrons. The molecule has 0 spiro atoms. The van der Waals surface area contributed by atoms with Crippen LogP contribution in [0.3, 0.4) is 0 Å². The number of carbonyl (C=O) groups excluding carboxylic acids is 1. The molecule has 114 valence electrons. The van der Waals surface area contributed by atoms with Gasteiger partial charge in [-0.3, -0.25) is 4.79 Å². The van der Waals surface area contributed by atoms with Gasteiger partial charge >= 0.3 is 0 Å². The maximum atomic E-state index is 12.4. The average molecular weight is 308 g/mol. The molecule has 0 aromatic heterocycles. The molecule has 0 aliphatic carbocycles. The minimum atomic E-state index is -3.32. The smallest absolute Gasteiger partial charge is 0.246 e. The number of rotatable bonds is 4. The van der Waals surface area contributed by atoms with E-state index in [9.17, 15) is 13.2 Å². The summed E-state index contributed by atoms with van der Waals surface area (Å²) in [5.41, 5.74) is 0.782. The van der Waals surface area contributed by atoms with Gasteiger partial charge < -0.3 is 4.90 Å². The normalized spacial score (nSPS) is 17.3. The van der Waals surface area contributed by atoms with Crippen molar-refractivity contribution in [2.75, 3.05) is 26.2 Å². The van der Waals surface area contributed by atoms with Crippen LogP contribution >= 0.6 is 0 Å². The van der Waals surface area contributed by atoms with Crippen LogP contribution in [0.4, 0.5) is 0 Å². The second-order valence-corrected chi connectivity index (χ2v) is 6.94. The van der Waals surface area contributed by atoms with Crippen molar-refractivity contribution in [3.8, 4) is 0 Å². The molecule has 0 unspecified atom stereocenters. The van der Waals surface area contributed by atoms with Gasteiger partial charge in [0, 0.05) is 26.2 Å². The molecule has 1 aliphatic rings. The Morgan fingerprint density at radius 1 is 1.14 bits per heavy atom. The van der Waals surface area contributed by atoms with E-state index in [-0.39, 0.29) is 11.7 Å². The van der Waals surface area contributed by atoms with Crippen molar-refractivity contribution in [3.05, 3.63) is 48.0 Å². The van der Waals surface area contributed by atoms with Gasteiger partial charge in [0.1, 0.15) is 0 Å². The monoisotopic (exact) mass is 308 g/mol. The molecule has 1 aromatic carbocycles. The fourth-order valence-electron chi connectivity index (χ4n) is 2.31. The lowest BCUT2D eigenvalue weighted by atomic mass is 10.2. The van der Waals surface area contributed by atoms with Crippen LogP contribution in [-0.4, -0.2) is 49.7 Å². The van der Waals surface area contributed by atoms with Gasteiger partial charge in [-0.25, -0.2) is 8.42 Å². The molecule has 2 rings (SSSR count). The van der Waals surface area contributed by atoms with Crippen molar-refractivity contribution in [1.29, 1.82) is 0 Å². The van der Waals surface area contributed by atoms with Crippen molar-refractivity contribution in [3.63, 3.8) is 0 Å². The molecule has 0 bridgehead atoms. The number of amides is 1. The van der Waals surface area contributed by atoms with E-state index < -0.39 is 10.0 Å². The van der Waals surface area contributed by atoms with Crippen molar-refractivity contribution < 1.29 is 13.2 Å². The summed E-state index contributed by atoms with van der Waals surface area (Å²) in [6.07, 6.45) is 3.20. The highest BCUT2D eigenvalue weighted by atomic mass is 32.2. The fourth-order valence-corrected chi connectivity index (χ4v) is 3.83. The lowest BCUT2D eigenvalue weighted by Gasteiger charge is -2.33. The zero-order valence-electron chi connectivity index (χ0n) is 12.1. The largest absolute Gasteiger partial charge is 0.337 e. The molecule has 1 fully saturated rings. The number of carbonyl (C=O) groups is 1. The van der Waals surface area contributed by atoms with Gasteiger partial charge in [0.2, 0.25) is 15.9 Å². The molecular weight excluding hydrogens is 288 g/mol. The summed E-state index contributed by atoms with van der Waals surface area (Å²) in [5.74, 6) is -0.0472. The highest BCUT2D eigenvalue weighted by Gasteiger charge is 2.28. The Morgan fingerprint density at radius 3 is 2.33 bits per heavy atom. The first-order chi connectivity index (χ1) is 10.0. The number of hydrogen-bond acceptors (Lipinski definition) is 3. The Balaban J connectivity index is 1.96. The first-order valence-corrected chi connectivity index (χ1v) is 8.57. The van der Waals surface area contributed by atoms with Gasteiger partial charge in [0.05, 0.1) is 5.75 Å². The summed E-state index contributed by atoms with van der Waals surface area (Å²) < 4.78 is 26.2. The summed E-state index contributed by atoms with van der Waals surface area (Å²) in [6, 6.07) is 9.14. The SMILES string of the molecule is C/C=C/C(=O)N1CCN(S(=O)(=O)Cc2ccccc2)CC1. The Morgan fingerprint density at radius 2 is 1.76 bits per heavy atom. The van der Waals surface area contributed by atoms with E-state index in [0.717, 1.165) is 5.56 Å². The zero-order valence-corrected chi connectivity index (χ0v) is 12.9. The molecule has 5 nitrogen and oxygen atoms in total. The molecule has 1 saturated heterocycles. The van der Waals surface area contributed by atoms with E-state index in [0.29, 0.717) is 26.2 Å². The zero-order chi connectivity index (χ0) is 15.3. The molecule has 0 atom stereocenters. The highest BCUT2D eigenvalue weighted by Crippen LogP contribution is 2.13. The number of allylic oxidation sites excluding steroid dienone is 1. The Labute approximate surface area is 125 Å². The maximum Gasteiger partial charge on any atom is 0.246 e. The third-order valence-electron chi connectivity index (χ3n) is 3.44. The van der Waals surface area contributed by atoms with Gasteiger partial charge in [-0.2, -0.15) is 4.31 Å². The van der Waals surface area contributed by atoms with Crippen molar-refractivity contribution >= 4 is 15.9 Å². The lowest BCUT2D eigenvalue weighted by Crippen LogP contribution is -2.50. The first kappa shape index (κ1) is 15.7. The molecular formula is C15H20N2O3S. The van der Waals surface area contributed by atoms with E-state index >= 15 is 0 Å². The summed E-state index contributed by atoms with van der Waals surface area (Å²) in [7, 11) is -3.32. The van der Waals surface area contributed by atoms with Gasteiger partial charge in [0.15, 0.2) is 0 Å². The minimum absolute atomic E-state index is 0.0106. The third-order valence-corrected chi connectivity index (χ3v) is 5.29. The maximum absolute atomic E-state index is 12.4. The molecule has 0 N–H and O–H groups in total. The molecule has 1 heterocycles. The van der Waals surface area contributed by atoms with E-state index in [1.165, 1.54) is 10.4 Å². The Kier molecular flexibility index (Phi) is 5.14. The van der Waals surface area contributed by atoms with E-state index in [4.69, 9.17) is 0 Å². The van der Waals surface area contributed by atoms with E-state index in [2.05, 4.69) is 0 Å². The van der Waals surface area contributed by atoms with Gasteiger partial charge in [-0.05, 0) is 18.6 Å². The molecule has 1 amide bonds. The summed E-state index contributed by atoms with van der Waals surface area (Å²) in [6.45, 7) is 3.39. The topological polar surface area (TPSA) is 57.7 Å². The molecule has 0 saturated carbocycles. The predicted molar refractivity (Wildman–Crippen MR) is 82.0 cm³/mol. The van der Waals surface area contributed by atoms with Crippen molar-refractivity contribution in [2.45, 2.75) is 12.7 Å². The number of nitrogens with zero attached hydrogens (tertiary/aromatic N) is 2. The highest BCUT2D eigenvalue weighted by molar-refractivity contribution is 7.88. The number of benzene rings is 1. The third kappa shape index (κ3) is 4.15. The fraction of sp³-hybridized carbons (Fsp3) is 0.400. The standard InChI is InChI=1S/C15H20N2O3S/c1-2-6-15(18)16-9-11-17(12-10-16)21(19,20)13-14-7-4-3-5-8-14/h2-8H,9-13H2,1H3/b6-2+. The summed E-state index contributed by atoms with van der Waals surface area (Å²) in [4.78, 5) is 13.4. The van der Waals surface area contributed by atoms with Gasteiger partial charge in [0.25, 0.3) is 0 Å². The minimum Gasteiger partial charge on any atom is -0.337 e. The quantitative estimate of drug-likeness (QED) is 0.786. The van der Waals surface area contributed by atoms with Crippen LogP contribution in [0.5, 0.6) is 0 Å². The first-order valence-electron chi connectivity index (χ1n) is 6.96. The molecule has 21 heavy (non-hydrogen) atoms. The lowest BCUT2D eigenvalue weighted by molar-refractivity contribution is -0.127. The second-order valence-electron chi connectivity index (χ2n) is 4.97. The van der Waals surface area contributed by atoms with E-state index in [1.54, 1.807) is 17.9 Å². The molecule has 1 aromatic rings. The number of hydrogen-bond donors (Lipinski definition) is 0. The van der Waals surface area contributed by atoms with Crippen molar-refractivity contribution in [1.82, 2.24) is 9.21 Å². The van der Waals surface area contributed by atoms with Crippen molar-refractivity contribution in [2.24, 2.45) is 0 Å². The number of sulfonamides is 1. The van der Waals surface area contributed by atoms with Gasteiger partial charge in [-0.15, -0.1) is 0 Å². The van der Waals surface area contributed by atoms with Crippen LogP contribution in [0, 0.1) is 0 Å². The van der Waals surface area contributed by atoms with Crippen LogP contribution in [0.2, 0.25) is 0 Å². The molecule has 6 heteroatoms. The van der Waals surface area contributed by atoms with E-state index in [1.807, 2.05) is 30.3 Å². The van der Waals surface area contributed by atoms with Crippen LogP contribution < -0.4 is 0 Å². The number of piperazine rings is 1. The van der Waals surface area contributed by atoms with Crippen LogP contribution in [0.1, 0.15) is 12.5 Å². The Hall–Kier alpha value is -1.66. The predicted octanol–water partition coefficient (Wildman–Crippen LogP) is 1.24.